The molecule has 3 aromatic rings. The van der Waals surface area contributed by atoms with Crippen molar-refractivity contribution >= 4 is 5.69 Å². The Kier molecular flexibility index (Phi) is 3.64. The van der Waals surface area contributed by atoms with Crippen LogP contribution in [0, 0.1) is 13.8 Å². The predicted octanol–water partition coefficient (Wildman–Crippen LogP) is 4.16. The molecule has 0 unspecified atom stereocenters. The fraction of sp³-hybridized carbons (Fsp3) is 0.250. The second-order valence-corrected chi connectivity index (χ2v) is 6.32. The Hall–Kier alpha value is -2.95. The van der Waals surface area contributed by atoms with Gasteiger partial charge in [-0.05, 0) is 50.2 Å². The minimum atomic E-state index is -0.163. The second-order valence-electron chi connectivity index (χ2n) is 6.32. The predicted molar refractivity (Wildman–Crippen MR) is 98.4 cm³/mol. The number of hydrogen-bond donors (Lipinski definition) is 1. The van der Waals surface area contributed by atoms with E-state index >= 15 is 0 Å². The first-order chi connectivity index (χ1) is 12.1. The molecule has 5 nitrogen and oxygen atoms in total. The summed E-state index contributed by atoms with van der Waals surface area (Å²) in [5.74, 6) is 1.59. The van der Waals surface area contributed by atoms with Crippen LogP contribution >= 0.6 is 0 Å². The summed E-state index contributed by atoms with van der Waals surface area (Å²) in [6, 6.07) is 14.4. The lowest BCUT2D eigenvalue weighted by molar-refractivity contribution is 0.391. The van der Waals surface area contributed by atoms with Crippen LogP contribution in [0.1, 0.15) is 23.0 Å². The molecule has 1 atom stereocenters. The summed E-state index contributed by atoms with van der Waals surface area (Å²) in [5, 5.41) is 8.33. The molecular weight excluding hydrogens is 314 g/mol. The summed E-state index contributed by atoms with van der Waals surface area (Å²) in [5.41, 5.74) is 6.55. The minimum Gasteiger partial charge on any atom is -0.497 e. The van der Waals surface area contributed by atoms with Gasteiger partial charge >= 0.3 is 0 Å². The van der Waals surface area contributed by atoms with Gasteiger partial charge in [-0.15, -0.1) is 0 Å². The van der Waals surface area contributed by atoms with E-state index in [2.05, 4.69) is 36.5 Å². The molecule has 128 valence electrons. The van der Waals surface area contributed by atoms with Gasteiger partial charge in [-0.25, -0.2) is 4.68 Å². The topological polar surface area (TPSA) is 48.3 Å². The van der Waals surface area contributed by atoms with Crippen LogP contribution in [0.3, 0.4) is 0 Å². The van der Waals surface area contributed by atoms with Crippen LogP contribution in [-0.4, -0.2) is 24.0 Å². The third kappa shape index (κ3) is 2.52. The summed E-state index contributed by atoms with van der Waals surface area (Å²) < 4.78 is 13.0. The molecule has 1 aliphatic rings. The van der Waals surface area contributed by atoms with Gasteiger partial charge in [-0.1, -0.05) is 11.6 Å². The Balaban J connectivity index is 1.92. The normalized spacial score (nSPS) is 15.1. The number of hydrogen-bond acceptors (Lipinski definition) is 4. The second kappa shape index (κ2) is 5.84. The molecule has 25 heavy (non-hydrogen) atoms. The quantitative estimate of drug-likeness (QED) is 0.781. The lowest BCUT2D eigenvalue weighted by Crippen LogP contribution is -2.26. The number of nitrogens with one attached hydrogen (secondary N) is 1. The summed E-state index contributed by atoms with van der Waals surface area (Å²) in [4.78, 5) is 0. The van der Waals surface area contributed by atoms with Gasteiger partial charge in [0.15, 0.2) is 6.17 Å². The van der Waals surface area contributed by atoms with Crippen molar-refractivity contribution in [1.29, 1.82) is 0 Å². The smallest absolute Gasteiger partial charge is 0.151 e. The highest BCUT2D eigenvalue weighted by Crippen LogP contribution is 2.41. The van der Waals surface area contributed by atoms with Crippen LogP contribution in [0.15, 0.2) is 42.5 Å². The molecule has 2 aromatic carbocycles. The maximum absolute atomic E-state index is 5.59. The molecule has 0 radical (unpaired) electrons. The average Bonchev–Trinajstić information content (AvgIpc) is 3.02. The Morgan fingerprint density at radius 3 is 2.60 bits per heavy atom. The molecule has 0 bridgehead atoms. The first-order valence-corrected chi connectivity index (χ1v) is 8.26. The molecule has 4 rings (SSSR count). The van der Waals surface area contributed by atoms with Crippen molar-refractivity contribution in [3.05, 3.63) is 59.3 Å². The van der Waals surface area contributed by atoms with E-state index in [1.165, 1.54) is 11.1 Å². The lowest BCUT2D eigenvalue weighted by atomic mass is 10.0. The number of rotatable bonds is 3. The van der Waals surface area contributed by atoms with Crippen molar-refractivity contribution in [2.75, 3.05) is 19.5 Å². The zero-order valence-corrected chi connectivity index (χ0v) is 14.8. The molecule has 1 N–H and O–H groups in total. The van der Waals surface area contributed by atoms with Crippen molar-refractivity contribution in [2.45, 2.75) is 20.0 Å². The van der Waals surface area contributed by atoms with E-state index in [1.807, 2.05) is 29.8 Å². The van der Waals surface area contributed by atoms with E-state index in [0.717, 1.165) is 34.1 Å². The van der Waals surface area contributed by atoms with Crippen LogP contribution in [0.5, 0.6) is 11.5 Å². The van der Waals surface area contributed by atoms with Gasteiger partial charge in [0.2, 0.25) is 0 Å². The van der Waals surface area contributed by atoms with Crippen molar-refractivity contribution in [3.63, 3.8) is 0 Å². The maximum atomic E-state index is 5.59. The number of nitrogens with zero attached hydrogens (tertiary/aromatic N) is 2. The number of ether oxygens (including phenoxy) is 2. The largest absolute Gasteiger partial charge is 0.497 e. The van der Waals surface area contributed by atoms with Gasteiger partial charge < -0.3 is 14.8 Å². The van der Waals surface area contributed by atoms with E-state index in [0.29, 0.717) is 0 Å². The molecule has 1 aromatic heterocycles. The Morgan fingerprint density at radius 2 is 1.84 bits per heavy atom. The van der Waals surface area contributed by atoms with Crippen molar-refractivity contribution in [3.8, 4) is 22.8 Å². The van der Waals surface area contributed by atoms with Gasteiger partial charge in [-0.2, -0.15) is 5.10 Å². The summed E-state index contributed by atoms with van der Waals surface area (Å²) in [7, 11) is 3.35. The molecule has 1 aliphatic heterocycles. The highest BCUT2D eigenvalue weighted by molar-refractivity contribution is 5.79. The molecule has 0 saturated carbocycles. The zero-order valence-electron chi connectivity index (χ0n) is 14.8. The highest BCUT2D eigenvalue weighted by Gasteiger charge is 2.28. The number of methoxy groups -OCH3 is 2. The van der Waals surface area contributed by atoms with Gasteiger partial charge in [-0.3, -0.25) is 0 Å². The van der Waals surface area contributed by atoms with Crippen molar-refractivity contribution < 1.29 is 9.47 Å². The first kappa shape index (κ1) is 15.6. The third-order valence-corrected chi connectivity index (χ3v) is 4.58. The zero-order chi connectivity index (χ0) is 17.6. The Bertz CT molecular complexity index is 946. The number of fused-ring (bicyclic) bond motifs is 3. The van der Waals surface area contributed by atoms with Crippen LogP contribution in [0.4, 0.5) is 5.69 Å². The third-order valence-electron chi connectivity index (χ3n) is 4.58. The van der Waals surface area contributed by atoms with Crippen LogP contribution < -0.4 is 14.8 Å². The van der Waals surface area contributed by atoms with Crippen LogP contribution in [0.25, 0.3) is 11.3 Å². The number of aryl methyl sites for hydroxylation is 2. The molecule has 0 saturated heterocycles. The van der Waals surface area contributed by atoms with E-state index < -0.39 is 0 Å². The van der Waals surface area contributed by atoms with Crippen LogP contribution in [0.2, 0.25) is 0 Å². The van der Waals surface area contributed by atoms with Gasteiger partial charge in [0, 0.05) is 16.8 Å². The van der Waals surface area contributed by atoms with Gasteiger partial charge in [0.1, 0.15) is 11.5 Å². The Morgan fingerprint density at radius 1 is 1.00 bits per heavy atom. The molecule has 0 spiro atoms. The molecule has 0 amide bonds. The summed E-state index contributed by atoms with van der Waals surface area (Å²) in [6.07, 6.45) is -0.163. The summed E-state index contributed by atoms with van der Waals surface area (Å²) in [6.45, 7) is 4.12. The van der Waals surface area contributed by atoms with Gasteiger partial charge in [0.05, 0.1) is 25.6 Å². The van der Waals surface area contributed by atoms with Crippen molar-refractivity contribution in [1.82, 2.24) is 9.78 Å². The van der Waals surface area contributed by atoms with E-state index in [-0.39, 0.29) is 6.17 Å². The highest BCUT2D eigenvalue weighted by atomic mass is 16.5. The van der Waals surface area contributed by atoms with E-state index in [4.69, 9.17) is 14.6 Å². The molecule has 0 aliphatic carbocycles. The molecule has 5 heteroatoms. The van der Waals surface area contributed by atoms with Crippen LogP contribution in [-0.2, 0) is 0 Å². The van der Waals surface area contributed by atoms with Crippen molar-refractivity contribution in [2.24, 2.45) is 0 Å². The monoisotopic (exact) mass is 335 g/mol. The van der Waals surface area contributed by atoms with Gasteiger partial charge in [0.25, 0.3) is 0 Å². The molecule has 2 heterocycles. The van der Waals surface area contributed by atoms with E-state index in [1.54, 1.807) is 14.2 Å². The van der Waals surface area contributed by atoms with E-state index in [9.17, 15) is 0 Å². The summed E-state index contributed by atoms with van der Waals surface area (Å²) >= 11 is 0. The lowest BCUT2D eigenvalue weighted by Gasteiger charge is -2.30. The number of aromatic nitrogens is 2. The Labute approximate surface area is 147 Å². The fourth-order valence-electron chi connectivity index (χ4n) is 3.38. The fourth-order valence-corrected chi connectivity index (χ4v) is 3.38. The number of anilines is 1. The molecule has 0 fully saturated rings. The minimum absolute atomic E-state index is 0.163. The standard InChI is InChI=1S/C20H21N3O2/c1-12-5-7-17-15(9-12)18-10-13(2)22-23(18)20(21-17)16-11-14(24-3)6-8-19(16)25-4/h5-11,20-21H,1-4H3/t20-/m0/s1. The average molecular weight is 335 g/mol. The first-order valence-electron chi connectivity index (χ1n) is 8.26. The maximum Gasteiger partial charge on any atom is 0.151 e. The molecular formula is C20H21N3O2. The SMILES string of the molecule is COc1ccc(OC)c([C@H]2Nc3ccc(C)cc3-c3cc(C)nn32)c1. The number of benzene rings is 2.